The van der Waals surface area contributed by atoms with E-state index in [0.717, 1.165) is 10.9 Å². The summed E-state index contributed by atoms with van der Waals surface area (Å²) < 4.78 is 5.21. The van der Waals surface area contributed by atoms with Crippen LogP contribution in [0.3, 0.4) is 0 Å². The molecule has 2 aromatic heterocycles. The summed E-state index contributed by atoms with van der Waals surface area (Å²) in [7, 11) is 0. The molecular weight excluding hydrogens is 264 g/mol. The summed E-state index contributed by atoms with van der Waals surface area (Å²) in [5.74, 6) is -0.121. The highest BCUT2D eigenvalue weighted by Gasteiger charge is 2.10. The first-order valence-electron chi connectivity index (χ1n) is 5.62. The lowest BCUT2D eigenvalue weighted by Gasteiger charge is -2.04. The summed E-state index contributed by atoms with van der Waals surface area (Å²) in [6.45, 7) is 0. The van der Waals surface area contributed by atoms with E-state index in [1.165, 1.54) is 12.4 Å². The first kappa shape index (κ1) is 11.7. The van der Waals surface area contributed by atoms with Crippen LogP contribution in [0.2, 0.25) is 5.02 Å². The van der Waals surface area contributed by atoms with Crippen LogP contribution in [-0.2, 0) is 0 Å². The molecule has 19 heavy (non-hydrogen) atoms. The van der Waals surface area contributed by atoms with Gasteiger partial charge in [0.2, 0.25) is 0 Å². The van der Waals surface area contributed by atoms with Crippen LogP contribution in [0.4, 0.5) is 0 Å². The zero-order chi connectivity index (χ0) is 13.2. The lowest BCUT2D eigenvalue weighted by Crippen LogP contribution is -2.08. The van der Waals surface area contributed by atoms with Gasteiger partial charge in [0.05, 0.1) is 16.8 Å². The lowest BCUT2D eigenvalue weighted by atomic mass is 10.2. The predicted molar refractivity (Wildman–Crippen MR) is 72.5 cm³/mol. The molecule has 1 aromatic carbocycles. The molecule has 0 amide bonds. The predicted octanol–water partition coefficient (Wildman–Crippen LogP) is 3.44. The van der Waals surface area contributed by atoms with Crippen molar-refractivity contribution in [3.63, 3.8) is 0 Å². The van der Waals surface area contributed by atoms with Crippen molar-refractivity contribution in [2.24, 2.45) is 0 Å². The van der Waals surface area contributed by atoms with Gasteiger partial charge in [0, 0.05) is 24.0 Å². The fourth-order valence-electron chi connectivity index (χ4n) is 1.79. The molecule has 0 radical (unpaired) electrons. The number of hydrogen-bond donors (Lipinski definition) is 1. The fourth-order valence-corrected chi connectivity index (χ4v) is 1.95. The van der Waals surface area contributed by atoms with E-state index in [-0.39, 0.29) is 0 Å². The first-order chi connectivity index (χ1) is 9.22. The Kier molecular flexibility index (Phi) is 2.93. The standard InChI is InChI=1S/C14H9ClN2O2/c15-11-6-12(8-16-7-11)19-14(18)10-2-1-9-3-4-17-13(9)5-10/h1-8,17H. The molecule has 0 aliphatic rings. The average Bonchev–Trinajstić information content (AvgIpc) is 2.85. The number of hydrogen-bond acceptors (Lipinski definition) is 3. The number of halogens is 1. The van der Waals surface area contributed by atoms with E-state index in [2.05, 4.69) is 9.97 Å². The third-order valence-electron chi connectivity index (χ3n) is 2.68. The van der Waals surface area contributed by atoms with Crippen molar-refractivity contribution < 1.29 is 9.53 Å². The molecule has 0 atom stereocenters. The molecule has 5 heteroatoms. The number of esters is 1. The Morgan fingerprint density at radius 3 is 2.95 bits per heavy atom. The Hall–Kier alpha value is -2.33. The summed E-state index contributed by atoms with van der Waals surface area (Å²) >= 11 is 5.78. The molecule has 1 N–H and O–H groups in total. The number of nitrogens with zero attached hydrogens (tertiary/aromatic N) is 1. The Bertz CT molecular complexity index is 752. The van der Waals surface area contributed by atoms with Gasteiger partial charge in [-0.3, -0.25) is 4.98 Å². The van der Waals surface area contributed by atoms with Crippen molar-refractivity contribution in [2.75, 3.05) is 0 Å². The first-order valence-corrected chi connectivity index (χ1v) is 6.00. The summed E-state index contributed by atoms with van der Waals surface area (Å²) in [6.07, 6.45) is 4.74. The summed E-state index contributed by atoms with van der Waals surface area (Å²) in [5.41, 5.74) is 1.36. The van der Waals surface area contributed by atoms with Gasteiger partial charge < -0.3 is 9.72 Å². The highest BCUT2D eigenvalue weighted by Crippen LogP contribution is 2.18. The SMILES string of the molecule is O=C(Oc1cncc(Cl)c1)c1ccc2cc[nH]c2c1. The van der Waals surface area contributed by atoms with Gasteiger partial charge in [-0.1, -0.05) is 17.7 Å². The van der Waals surface area contributed by atoms with Crippen LogP contribution in [0.25, 0.3) is 10.9 Å². The molecule has 4 nitrogen and oxygen atoms in total. The molecule has 0 aliphatic carbocycles. The van der Waals surface area contributed by atoms with Gasteiger partial charge in [-0.25, -0.2) is 4.79 Å². The van der Waals surface area contributed by atoms with Crippen LogP contribution in [0.5, 0.6) is 5.75 Å². The normalized spacial score (nSPS) is 10.6. The van der Waals surface area contributed by atoms with Crippen molar-refractivity contribution in [3.8, 4) is 5.75 Å². The smallest absolute Gasteiger partial charge is 0.343 e. The van der Waals surface area contributed by atoms with Gasteiger partial charge in [-0.05, 0) is 23.6 Å². The minimum absolute atomic E-state index is 0.323. The van der Waals surface area contributed by atoms with Crippen LogP contribution < -0.4 is 4.74 Å². The van der Waals surface area contributed by atoms with Gasteiger partial charge in [-0.15, -0.1) is 0 Å². The Morgan fingerprint density at radius 1 is 1.21 bits per heavy atom. The van der Waals surface area contributed by atoms with E-state index in [1.807, 2.05) is 18.3 Å². The van der Waals surface area contributed by atoms with Crippen molar-refractivity contribution in [1.29, 1.82) is 0 Å². The van der Waals surface area contributed by atoms with Crippen molar-refractivity contribution in [2.45, 2.75) is 0 Å². The van der Waals surface area contributed by atoms with Gasteiger partial charge in [-0.2, -0.15) is 0 Å². The lowest BCUT2D eigenvalue weighted by molar-refractivity contribution is 0.0734. The number of rotatable bonds is 2. The molecule has 3 aromatic rings. The summed E-state index contributed by atoms with van der Waals surface area (Å²) in [6, 6.07) is 8.80. The molecule has 94 valence electrons. The number of H-pyrrole nitrogens is 1. The quantitative estimate of drug-likeness (QED) is 0.727. The third-order valence-corrected chi connectivity index (χ3v) is 2.89. The zero-order valence-corrected chi connectivity index (χ0v) is 10.5. The van der Waals surface area contributed by atoms with Crippen LogP contribution in [0.15, 0.2) is 48.9 Å². The number of aromatic amines is 1. The topological polar surface area (TPSA) is 55.0 Å². The molecule has 0 aliphatic heterocycles. The van der Waals surface area contributed by atoms with Crippen LogP contribution in [-0.4, -0.2) is 15.9 Å². The average molecular weight is 273 g/mol. The maximum atomic E-state index is 12.0. The number of aromatic nitrogens is 2. The number of benzene rings is 1. The number of nitrogens with one attached hydrogen (secondary N) is 1. The molecule has 0 saturated heterocycles. The molecular formula is C14H9ClN2O2. The van der Waals surface area contributed by atoms with E-state index in [1.54, 1.807) is 18.2 Å². The van der Waals surface area contributed by atoms with E-state index < -0.39 is 5.97 Å². The number of carbonyl (C=O) groups excluding carboxylic acids is 1. The number of fused-ring (bicyclic) bond motifs is 1. The second kappa shape index (κ2) is 4.74. The number of pyridine rings is 1. The highest BCUT2D eigenvalue weighted by atomic mass is 35.5. The minimum Gasteiger partial charge on any atom is -0.421 e. The zero-order valence-electron chi connectivity index (χ0n) is 9.76. The maximum Gasteiger partial charge on any atom is 0.343 e. The van der Waals surface area contributed by atoms with Crippen LogP contribution in [0, 0.1) is 0 Å². The molecule has 0 spiro atoms. The van der Waals surface area contributed by atoms with Crippen LogP contribution >= 0.6 is 11.6 Å². The molecule has 0 saturated carbocycles. The fraction of sp³-hybridized carbons (Fsp3) is 0. The highest BCUT2D eigenvalue weighted by molar-refractivity contribution is 6.30. The molecule has 0 bridgehead atoms. The second-order valence-corrected chi connectivity index (χ2v) is 4.44. The number of carbonyl (C=O) groups is 1. The van der Waals surface area contributed by atoms with Gasteiger partial charge in [0.1, 0.15) is 0 Å². The minimum atomic E-state index is -0.444. The van der Waals surface area contributed by atoms with E-state index in [0.29, 0.717) is 16.3 Å². The third kappa shape index (κ3) is 2.44. The van der Waals surface area contributed by atoms with Crippen molar-refractivity contribution in [1.82, 2.24) is 9.97 Å². The molecule has 0 fully saturated rings. The van der Waals surface area contributed by atoms with Crippen molar-refractivity contribution in [3.05, 3.63) is 59.5 Å². The number of ether oxygens (including phenoxy) is 1. The molecule has 3 rings (SSSR count). The monoisotopic (exact) mass is 272 g/mol. The van der Waals surface area contributed by atoms with E-state index in [4.69, 9.17) is 16.3 Å². The Morgan fingerprint density at radius 2 is 2.11 bits per heavy atom. The second-order valence-electron chi connectivity index (χ2n) is 4.01. The van der Waals surface area contributed by atoms with Gasteiger partial charge >= 0.3 is 5.97 Å². The van der Waals surface area contributed by atoms with Gasteiger partial charge in [0.25, 0.3) is 0 Å². The molecule has 0 unspecified atom stereocenters. The van der Waals surface area contributed by atoms with Gasteiger partial charge in [0.15, 0.2) is 5.75 Å². The summed E-state index contributed by atoms with van der Waals surface area (Å²) in [5, 5.41) is 1.46. The van der Waals surface area contributed by atoms with Crippen LogP contribution in [0.1, 0.15) is 10.4 Å². The van der Waals surface area contributed by atoms with Crippen molar-refractivity contribution >= 4 is 28.5 Å². The molecule has 2 heterocycles. The van der Waals surface area contributed by atoms with E-state index in [9.17, 15) is 4.79 Å². The Labute approximate surface area is 114 Å². The van der Waals surface area contributed by atoms with E-state index >= 15 is 0 Å². The maximum absolute atomic E-state index is 12.0. The Balaban J connectivity index is 1.87. The largest absolute Gasteiger partial charge is 0.421 e. The summed E-state index contributed by atoms with van der Waals surface area (Å²) in [4.78, 5) is 18.9.